The molecular formula is C14H16O5. The molecule has 1 aromatic carbocycles. The predicted octanol–water partition coefficient (Wildman–Crippen LogP) is 0.555. The van der Waals surface area contributed by atoms with E-state index in [2.05, 4.69) is 4.74 Å². The molecule has 102 valence electrons. The Morgan fingerprint density at radius 2 is 1.95 bits per heavy atom. The van der Waals surface area contributed by atoms with Gasteiger partial charge in [0, 0.05) is 0 Å². The number of hydrogen-bond donors (Lipinski definition) is 2. The standard InChI is InChI=1S/C14H16O5/c15-9-13(17)10-19-14(18)8-12(16)7-6-11-4-2-1-3-5-11/h1-7,13,15,17H,8-10H2. The third-order valence-electron chi connectivity index (χ3n) is 2.23. The molecule has 5 heteroatoms. The molecule has 19 heavy (non-hydrogen) atoms. The van der Waals surface area contributed by atoms with Crippen LogP contribution in [0.4, 0.5) is 0 Å². The fourth-order valence-corrected chi connectivity index (χ4v) is 1.25. The lowest BCUT2D eigenvalue weighted by molar-refractivity contribution is -0.148. The third-order valence-corrected chi connectivity index (χ3v) is 2.23. The summed E-state index contributed by atoms with van der Waals surface area (Å²) in [5.74, 6) is -1.11. The molecular weight excluding hydrogens is 248 g/mol. The van der Waals surface area contributed by atoms with Gasteiger partial charge in [-0.15, -0.1) is 0 Å². The Morgan fingerprint density at radius 3 is 2.58 bits per heavy atom. The number of esters is 1. The Labute approximate surface area is 111 Å². The van der Waals surface area contributed by atoms with Gasteiger partial charge in [0.05, 0.1) is 6.61 Å². The maximum absolute atomic E-state index is 11.4. The highest BCUT2D eigenvalue weighted by molar-refractivity contribution is 6.03. The van der Waals surface area contributed by atoms with E-state index in [1.807, 2.05) is 30.3 Å². The van der Waals surface area contributed by atoms with Crippen LogP contribution in [0.1, 0.15) is 12.0 Å². The Morgan fingerprint density at radius 1 is 1.26 bits per heavy atom. The van der Waals surface area contributed by atoms with E-state index in [1.165, 1.54) is 6.08 Å². The largest absolute Gasteiger partial charge is 0.462 e. The molecule has 1 unspecified atom stereocenters. The van der Waals surface area contributed by atoms with Crippen molar-refractivity contribution in [1.29, 1.82) is 0 Å². The molecule has 0 spiro atoms. The summed E-state index contributed by atoms with van der Waals surface area (Å²) in [5, 5.41) is 17.5. The summed E-state index contributed by atoms with van der Waals surface area (Å²) in [5.41, 5.74) is 0.861. The van der Waals surface area contributed by atoms with Crippen molar-refractivity contribution in [3.63, 3.8) is 0 Å². The summed E-state index contributed by atoms with van der Waals surface area (Å²) in [7, 11) is 0. The number of aliphatic hydroxyl groups excluding tert-OH is 2. The molecule has 0 heterocycles. The Hall–Kier alpha value is -1.98. The van der Waals surface area contributed by atoms with E-state index in [9.17, 15) is 9.59 Å². The van der Waals surface area contributed by atoms with Crippen LogP contribution < -0.4 is 0 Å². The maximum atomic E-state index is 11.4. The van der Waals surface area contributed by atoms with Crippen LogP contribution in [-0.2, 0) is 14.3 Å². The first-order valence-electron chi connectivity index (χ1n) is 5.82. The second-order valence-corrected chi connectivity index (χ2v) is 3.91. The number of ketones is 1. The van der Waals surface area contributed by atoms with Gasteiger partial charge in [0.15, 0.2) is 5.78 Å². The van der Waals surface area contributed by atoms with Crippen molar-refractivity contribution >= 4 is 17.8 Å². The second kappa shape index (κ2) is 8.18. The van der Waals surface area contributed by atoms with Gasteiger partial charge in [0.25, 0.3) is 0 Å². The summed E-state index contributed by atoms with van der Waals surface area (Å²) in [4.78, 5) is 22.7. The average Bonchev–Trinajstić information content (AvgIpc) is 2.43. The van der Waals surface area contributed by atoms with Crippen LogP contribution in [0.2, 0.25) is 0 Å². The lowest BCUT2D eigenvalue weighted by Crippen LogP contribution is -2.22. The minimum atomic E-state index is -1.11. The van der Waals surface area contributed by atoms with Crippen LogP contribution in [0.5, 0.6) is 0 Å². The van der Waals surface area contributed by atoms with Crippen molar-refractivity contribution in [1.82, 2.24) is 0 Å². The molecule has 0 saturated carbocycles. The molecule has 0 aliphatic rings. The van der Waals surface area contributed by atoms with Gasteiger partial charge in [-0.3, -0.25) is 9.59 Å². The molecule has 1 aromatic rings. The van der Waals surface area contributed by atoms with Crippen LogP contribution in [-0.4, -0.2) is 41.3 Å². The SMILES string of the molecule is O=C(C=Cc1ccccc1)CC(=O)OCC(O)CO. The van der Waals surface area contributed by atoms with Crippen molar-refractivity contribution in [2.75, 3.05) is 13.2 Å². The predicted molar refractivity (Wildman–Crippen MR) is 69.2 cm³/mol. The minimum absolute atomic E-state index is 0.314. The maximum Gasteiger partial charge on any atom is 0.313 e. The fourth-order valence-electron chi connectivity index (χ4n) is 1.25. The van der Waals surface area contributed by atoms with Crippen molar-refractivity contribution in [3.8, 4) is 0 Å². The molecule has 5 nitrogen and oxygen atoms in total. The lowest BCUT2D eigenvalue weighted by atomic mass is 10.2. The Kier molecular flexibility index (Phi) is 6.49. The number of allylic oxidation sites excluding steroid dienone is 1. The molecule has 0 amide bonds. The first-order valence-corrected chi connectivity index (χ1v) is 5.82. The molecule has 1 atom stereocenters. The highest BCUT2D eigenvalue weighted by atomic mass is 16.5. The number of ether oxygens (including phenoxy) is 1. The van der Waals surface area contributed by atoms with Crippen LogP contribution in [0.25, 0.3) is 6.08 Å². The smallest absolute Gasteiger partial charge is 0.313 e. The summed E-state index contributed by atoms with van der Waals surface area (Å²) < 4.78 is 4.61. The zero-order valence-corrected chi connectivity index (χ0v) is 10.4. The Bertz CT molecular complexity index is 438. The molecule has 2 N–H and O–H groups in total. The number of rotatable bonds is 7. The van der Waals surface area contributed by atoms with Gasteiger partial charge in [-0.1, -0.05) is 36.4 Å². The first kappa shape index (κ1) is 15.1. The molecule has 1 rings (SSSR count). The van der Waals surface area contributed by atoms with Gasteiger partial charge in [0.1, 0.15) is 19.1 Å². The van der Waals surface area contributed by atoms with Crippen LogP contribution in [0, 0.1) is 0 Å². The summed E-state index contributed by atoms with van der Waals surface area (Å²) in [6.45, 7) is -0.805. The molecule has 0 bridgehead atoms. The van der Waals surface area contributed by atoms with Crippen molar-refractivity contribution < 1.29 is 24.5 Å². The van der Waals surface area contributed by atoms with E-state index >= 15 is 0 Å². The van der Waals surface area contributed by atoms with Crippen LogP contribution in [0.15, 0.2) is 36.4 Å². The number of aliphatic hydroxyl groups is 2. The lowest BCUT2D eigenvalue weighted by Gasteiger charge is -2.07. The number of hydrogen-bond acceptors (Lipinski definition) is 5. The highest BCUT2D eigenvalue weighted by Crippen LogP contribution is 2.02. The summed E-state index contributed by atoms with van der Waals surface area (Å²) in [6, 6.07) is 9.21. The molecule has 0 aromatic heterocycles. The minimum Gasteiger partial charge on any atom is -0.462 e. The van der Waals surface area contributed by atoms with Gasteiger partial charge in [0.2, 0.25) is 0 Å². The average molecular weight is 264 g/mol. The third kappa shape index (κ3) is 6.49. The van der Waals surface area contributed by atoms with E-state index in [0.717, 1.165) is 5.56 Å². The first-order chi connectivity index (χ1) is 9.11. The van der Waals surface area contributed by atoms with E-state index in [4.69, 9.17) is 10.2 Å². The normalized spacial score (nSPS) is 12.3. The van der Waals surface area contributed by atoms with E-state index in [1.54, 1.807) is 6.08 Å². The van der Waals surface area contributed by atoms with E-state index in [0.29, 0.717) is 0 Å². The van der Waals surface area contributed by atoms with Gasteiger partial charge >= 0.3 is 5.97 Å². The molecule has 0 saturated heterocycles. The van der Waals surface area contributed by atoms with Crippen molar-refractivity contribution in [2.24, 2.45) is 0 Å². The number of carbonyl (C=O) groups excluding carboxylic acids is 2. The van der Waals surface area contributed by atoms with E-state index < -0.39 is 18.7 Å². The summed E-state index contributed by atoms with van der Waals surface area (Å²) in [6.07, 6.45) is 1.41. The highest BCUT2D eigenvalue weighted by Gasteiger charge is 2.10. The monoisotopic (exact) mass is 264 g/mol. The van der Waals surface area contributed by atoms with Gasteiger partial charge in [-0.25, -0.2) is 0 Å². The molecule has 0 fully saturated rings. The molecule has 0 radical (unpaired) electrons. The molecule has 0 aliphatic heterocycles. The number of carbonyl (C=O) groups is 2. The van der Waals surface area contributed by atoms with Gasteiger partial charge in [-0.05, 0) is 11.6 Å². The Balaban J connectivity index is 2.35. The topological polar surface area (TPSA) is 83.8 Å². The zero-order valence-electron chi connectivity index (χ0n) is 10.4. The van der Waals surface area contributed by atoms with Crippen LogP contribution >= 0.6 is 0 Å². The van der Waals surface area contributed by atoms with Gasteiger partial charge < -0.3 is 14.9 Å². The second-order valence-electron chi connectivity index (χ2n) is 3.91. The quantitative estimate of drug-likeness (QED) is 0.427. The van der Waals surface area contributed by atoms with E-state index in [-0.39, 0.29) is 18.8 Å². The zero-order chi connectivity index (χ0) is 14.1. The van der Waals surface area contributed by atoms with Crippen molar-refractivity contribution in [3.05, 3.63) is 42.0 Å². The summed E-state index contributed by atoms with van der Waals surface area (Å²) >= 11 is 0. The fraction of sp³-hybridized carbons (Fsp3) is 0.286. The van der Waals surface area contributed by atoms with Gasteiger partial charge in [-0.2, -0.15) is 0 Å². The number of benzene rings is 1. The van der Waals surface area contributed by atoms with Crippen molar-refractivity contribution in [2.45, 2.75) is 12.5 Å². The molecule has 0 aliphatic carbocycles. The van der Waals surface area contributed by atoms with Crippen LogP contribution in [0.3, 0.4) is 0 Å².